The largest absolute Gasteiger partial charge is 0.461 e. The first kappa shape index (κ1) is 16.2. The summed E-state index contributed by atoms with van der Waals surface area (Å²) in [5.41, 5.74) is 0.319. The van der Waals surface area contributed by atoms with E-state index in [2.05, 4.69) is 6.92 Å². The highest BCUT2D eigenvalue weighted by molar-refractivity contribution is 5.80. The molecule has 0 saturated heterocycles. The van der Waals surface area contributed by atoms with Crippen LogP contribution in [0.3, 0.4) is 0 Å². The lowest BCUT2D eigenvalue weighted by molar-refractivity contribution is -0.162. The Labute approximate surface area is 120 Å². The van der Waals surface area contributed by atoms with Gasteiger partial charge in [0.25, 0.3) is 0 Å². The standard InChI is InChI=1S/C16H21O4/c1-12(15(18)20-16(2,3)4)10-14(17)19-11-13-8-6-5-7-9-13/h5-9,12H,1,10-11H2,2-4H3. The molecule has 1 aromatic carbocycles. The number of esters is 2. The molecular formula is C16H21O4. The number of hydrogen-bond donors (Lipinski definition) is 0. The second kappa shape index (κ2) is 7.08. The molecule has 109 valence electrons. The fraction of sp³-hybridized carbons (Fsp3) is 0.438. The van der Waals surface area contributed by atoms with Crippen molar-refractivity contribution in [1.29, 1.82) is 0 Å². The summed E-state index contributed by atoms with van der Waals surface area (Å²) in [6.07, 6.45) is -0.0816. The van der Waals surface area contributed by atoms with Crippen molar-refractivity contribution in [2.45, 2.75) is 39.4 Å². The van der Waals surface area contributed by atoms with E-state index in [0.29, 0.717) is 0 Å². The van der Waals surface area contributed by atoms with Gasteiger partial charge >= 0.3 is 11.9 Å². The maximum Gasteiger partial charge on any atom is 0.310 e. The van der Waals surface area contributed by atoms with E-state index < -0.39 is 23.5 Å². The SMILES string of the molecule is [CH2]C(CC(=O)OCc1ccccc1)C(=O)OC(C)(C)C. The summed E-state index contributed by atoms with van der Waals surface area (Å²) in [5.74, 6) is -1.70. The van der Waals surface area contributed by atoms with E-state index in [1.54, 1.807) is 20.8 Å². The second-order valence-corrected chi connectivity index (χ2v) is 5.58. The van der Waals surface area contributed by atoms with Crippen LogP contribution in [0.2, 0.25) is 0 Å². The minimum atomic E-state index is -0.752. The first-order chi connectivity index (χ1) is 9.28. The van der Waals surface area contributed by atoms with Crippen LogP contribution < -0.4 is 0 Å². The fourth-order valence-corrected chi connectivity index (χ4v) is 1.47. The molecule has 0 bridgehead atoms. The molecule has 1 atom stereocenters. The molecule has 0 aromatic heterocycles. The van der Waals surface area contributed by atoms with Gasteiger partial charge < -0.3 is 9.47 Å². The van der Waals surface area contributed by atoms with E-state index in [1.807, 2.05) is 30.3 Å². The molecule has 0 fully saturated rings. The first-order valence-electron chi connectivity index (χ1n) is 6.53. The zero-order valence-corrected chi connectivity index (χ0v) is 12.2. The average molecular weight is 277 g/mol. The third-order valence-electron chi connectivity index (χ3n) is 2.40. The molecule has 0 spiro atoms. The predicted molar refractivity (Wildman–Crippen MR) is 75.5 cm³/mol. The topological polar surface area (TPSA) is 52.6 Å². The van der Waals surface area contributed by atoms with E-state index in [1.165, 1.54) is 0 Å². The van der Waals surface area contributed by atoms with Crippen LogP contribution >= 0.6 is 0 Å². The van der Waals surface area contributed by atoms with Gasteiger partial charge in [0.2, 0.25) is 0 Å². The van der Waals surface area contributed by atoms with Crippen LogP contribution in [0.1, 0.15) is 32.8 Å². The molecular weight excluding hydrogens is 256 g/mol. The third kappa shape index (κ3) is 6.36. The van der Waals surface area contributed by atoms with E-state index in [4.69, 9.17) is 9.47 Å². The molecule has 1 radical (unpaired) electrons. The Morgan fingerprint density at radius 3 is 2.35 bits per heavy atom. The molecule has 0 N–H and O–H groups in total. The van der Waals surface area contributed by atoms with Crippen molar-refractivity contribution in [1.82, 2.24) is 0 Å². The van der Waals surface area contributed by atoms with Gasteiger partial charge in [-0.05, 0) is 33.3 Å². The average Bonchev–Trinajstić information content (AvgIpc) is 2.35. The first-order valence-corrected chi connectivity index (χ1v) is 6.53. The van der Waals surface area contributed by atoms with Gasteiger partial charge in [-0.15, -0.1) is 0 Å². The van der Waals surface area contributed by atoms with Gasteiger partial charge in [0.15, 0.2) is 0 Å². The van der Waals surface area contributed by atoms with Crippen molar-refractivity contribution in [2.24, 2.45) is 5.92 Å². The van der Waals surface area contributed by atoms with Gasteiger partial charge in [-0.1, -0.05) is 30.3 Å². The lowest BCUT2D eigenvalue weighted by Gasteiger charge is -2.21. The zero-order chi connectivity index (χ0) is 15.2. The molecule has 0 aliphatic heterocycles. The maximum atomic E-state index is 11.7. The lowest BCUT2D eigenvalue weighted by Crippen LogP contribution is -2.29. The van der Waals surface area contributed by atoms with E-state index in [9.17, 15) is 9.59 Å². The smallest absolute Gasteiger partial charge is 0.310 e. The molecule has 4 heteroatoms. The number of rotatable bonds is 5. The Bertz CT molecular complexity index is 445. The number of ether oxygens (including phenoxy) is 2. The van der Waals surface area contributed by atoms with Gasteiger partial charge in [0.05, 0.1) is 12.3 Å². The molecule has 0 aliphatic carbocycles. The van der Waals surface area contributed by atoms with Crippen LogP contribution in [0.5, 0.6) is 0 Å². The maximum absolute atomic E-state index is 11.7. The number of hydrogen-bond acceptors (Lipinski definition) is 4. The van der Waals surface area contributed by atoms with Crippen LogP contribution in [0.25, 0.3) is 0 Å². The Morgan fingerprint density at radius 2 is 1.80 bits per heavy atom. The van der Waals surface area contributed by atoms with Crippen molar-refractivity contribution in [2.75, 3.05) is 0 Å². The summed E-state index contributed by atoms with van der Waals surface area (Å²) in [5, 5.41) is 0. The number of benzene rings is 1. The zero-order valence-electron chi connectivity index (χ0n) is 12.2. The van der Waals surface area contributed by atoms with Crippen molar-refractivity contribution in [3.63, 3.8) is 0 Å². The molecule has 4 nitrogen and oxygen atoms in total. The second-order valence-electron chi connectivity index (χ2n) is 5.58. The molecule has 1 rings (SSSR count). The van der Waals surface area contributed by atoms with Crippen LogP contribution in [0, 0.1) is 12.8 Å². The van der Waals surface area contributed by atoms with Gasteiger partial charge in [0, 0.05) is 0 Å². The summed E-state index contributed by atoms with van der Waals surface area (Å²) in [4.78, 5) is 23.3. The predicted octanol–water partition coefficient (Wildman–Crippen LogP) is 2.91. The molecule has 20 heavy (non-hydrogen) atoms. The van der Waals surface area contributed by atoms with Crippen LogP contribution in [0.4, 0.5) is 0 Å². The van der Waals surface area contributed by atoms with Crippen LogP contribution in [0.15, 0.2) is 30.3 Å². The summed E-state index contributed by atoms with van der Waals surface area (Å²) in [7, 11) is 0. The van der Waals surface area contributed by atoms with Gasteiger partial charge in [0.1, 0.15) is 12.2 Å². The molecule has 0 heterocycles. The Morgan fingerprint density at radius 1 is 1.20 bits per heavy atom. The van der Waals surface area contributed by atoms with Crippen molar-refractivity contribution in [3.8, 4) is 0 Å². The summed E-state index contributed by atoms with van der Waals surface area (Å²) >= 11 is 0. The third-order valence-corrected chi connectivity index (χ3v) is 2.40. The van der Waals surface area contributed by atoms with Gasteiger partial charge in [-0.2, -0.15) is 0 Å². The quantitative estimate of drug-likeness (QED) is 0.776. The Kier molecular flexibility index (Phi) is 5.74. The molecule has 0 saturated carbocycles. The molecule has 1 aromatic rings. The van der Waals surface area contributed by atoms with Crippen molar-refractivity contribution < 1.29 is 19.1 Å². The van der Waals surface area contributed by atoms with Crippen LogP contribution in [-0.2, 0) is 25.7 Å². The summed E-state index contributed by atoms with van der Waals surface area (Å²) < 4.78 is 10.2. The van der Waals surface area contributed by atoms with Gasteiger partial charge in [-0.25, -0.2) is 0 Å². The molecule has 0 amide bonds. The van der Waals surface area contributed by atoms with E-state index in [-0.39, 0.29) is 13.0 Å². The summed E-state index contributed by atoms with van der Waals surface area (Å²) in [6, 6.07) is 9.35. The van der Waals surface area contributed by atoms with Crippen LogP contribution in [-0.4, -0.2) is 17.5 Å². The highest BCUT2D eigenvalue weighted by atomic mass is 16.6. The highest BCUT2D eigenvalue weighted by Gasteiger charge is 2.24. The highest BCUT2D eigenvalue weighted by Crippen LogP contribution is 2.14. The minimum absolute atomic E-state index is 0.0816. The van der Waals surface area contributed by atoms with Crippen molar-refractivity contribution >= 4 is 11.9 Å². The molecule has 1 unspecified atom stereocenters. The summed E-state index contributed by atoms with van der Waals surface area (Å²) in [6.45, 7) is 9.14. The van der Waals surface area contributed by atoms with Crippen molar-refractivity contribution in [3.05, 3.63) is 42.8 Å². The fourth-order valence-electron chi connectivity index (χ4n) is 1.47. The monoisotopic (exact) mass is 277 g/mol. The Balaban J connectivity index is 2.36. The normalized spacial score (nSPS) is 12.6. The van der Waals surface area contributed by atoms with E-state index in [0.717, 1.165) is 5.56 Å². The minimum Gasteiger partial charge on any atom is -0.461 e. The lowest BCUT2D eigenvalue weighted by atomic mass is 10.1. The van der Waals surface area contributed by atoms with Gasteiger partial charge in [-0.3, -0.25) is 9.59 Å². The number of carbonyl (C=O) groups excluding carboxylic acids is 2. The Hall–Kier alpha value is -1.84. The molecule has 0 aliphatic rings. The van der Waals surface area contributed by atoms with E-state index >= 15 is 0 Å². The number of carbonyl (C=O) groups is 2.